The molecule has 17 nitrogen and oxygen atoms in total. The zero-order chi connectivity index (χ0) is 44.3. The van der Waals surface area contributed by atoms with Gasteiger partial charge in [0.15, 0.2) is 0 Å². The monoisotopic (exact) mass is 823 g/mol. The van der Waals surface area contributed by atoms with Gasteiger partial charge in [-0.2, -0.15) is 0 Å². The van der Waals surface area contributed by atoms with Gasteiger partial charge in [-0.25, -0.2) is 14.4 Å². The van der Waals surface area contributed by atoms with E-state index in [1.165, 1.54) is 30.8 Å². The third kappa shape index (κ3) is 17.7. The molecule has 4 atom stereocenters. The van der Waals surface area contributed by atoms with Crippen molar-refractivity contribution in [1.29, 1.82) is 0 Å². The Kier molecular flexibility index (Phi) is 20.2. The maximum atomic E-state index is 14.3. The van der Waals surface area contributed by atoms with Crippen LogP contribution in [0.15, 0.2) is 60.7 Å². The van der Waals surface area contributed by atoms with E-state index in [4.69, 9.17) is 4.74 Å². The van der Waals surface area contributed by atoms with Crippen LogP contribution in [0.3, 0.4) is 0 Å². The fourth-order valence-electron chi connectivity index (χ4n) is 5.88. The maximum absolute atomic E-state index is 14.3. The number of amides is 9. The lowest BCUT2D eigenvalue weighted by molar-refractivity contribution is -0.130. The van der Waals surface area contributed by atoms with E-state index in [0.717, 1.165) is 5.56 Å². The van der Waals surface area contributed by atoms with Gasteiger partial charge in [0.25, 0.3) is 0 Å². The Labute approximate surface area is 348 Å². The van der Waals surface area contributed by atoms with Gasteiger partial charge in [-0.15, -0.1) is 0 Å². The molecule has 0 aromatic heterocycles. The number of hydrogen-bond acceptors (Lipinski definition) is 8. The highest BCUT2D eigenvalue weighted by Crippen LogP contribution is 2.16. The minimum Gasteiger partial charge on any atom is -0.444 e. The molecule has 0 radical (unpaired) electrons. The lowest BCUT2D eigenvalue weighted by atomic mass is 10.0. The van der Waals surface area contributed by atoms with Gasteiger partial charge in [0, 0.05) is 52.4 Å². The summed E-state index contributed by atoms with van der Waals surface area (Å²) in [5.41, 5.74) is 0.469. The molecule has 2 aromatic rings. The fourth-order valence-corrected chi connectivity index (χ4v) is 5.88. The molecule has 9 amide bonds. The summed E-state index contributed by atoms with van der Waals surface area (Å²) in [5, 5.41) is 18.8. The van der Waals surface area contributed by atoms with Crippen molar-refractivity contribution in [3.63, 3.8) is 0 Å². The number of ether oxygens (including phenoxy) is 1. The molecular formula is C42H65N9O8. The first kappa shape index (κ1) is 49.3. The molecule has 0 saturated carbocycles. The highest BCUT2D eigenvalue weighted by atomic mass is 16.6. The molecule has 17 heteroatoms. The van der Waals surface area contributed by atoms with E-state index in [1.54, 1.807) is 65.0 Å². The Morgan fingerprint density at radius 3 is 1.78 bits per heavy atom. The number of para-hydroxylation sites is 1. The lowest BCUT2D eigenvalue weighted by Gasteiger charge is -2.32. The number of rotatable bonds is 20. The third-order valence-electron chi connectivity index (χ3n) is 8.95. The van der Waals surface area contributed by atoms with Crippen LogP contribution in [-0.2, 0) is 30.3 Å². The van der Waals surface area contributed by atoms with Crippen LogP contribution in [0.1, 0.15) is 67.4 Å². The van der Waals surface area contributed by atoms with E-state index in [2.05, 4.69) is 37.2 Å². The zero-order valence-corrected chi connectivity index (χ0v) is 36.1. The van der Waals surface area contributed by atoms with E-state index in [0.29, 0.717) is 12.1 Å². The fraction of sp³-hybridized carbons (Fsp3) is 0.548. The molecule has 0 aliphatic heterocycles. The van der Waals surface area contributed by atoms with Crippen LogP contribution in [0.4, 0.5) is 20.1 Å². The summed E-state index contributed by atoms with van der Waals surface area (Å²) in [7, 11) is 2.94. The van der Waals surface area contributed by atoms with Crippen molar-refractivity contribution in [2.75, 3.05) is 45.2 Å². The van der Waals surface area contributed by atoms with Gasteiger partial charge in [-0.3, -0.25) is 24.1 Å². The average Bonchev–Trinajstić information content (AvgIpc) is 3.17. The summed E-state index contributed by atoms with van der Waals surface area (Å²) >= 11 is 0. The molecule has 2 rings (SSSR count). The summed E-state index contributed by atoms with van der Waals surface area (Å²) in [4.78, 5) is 95.7. The second-order valence-corrected chi connectivity index (χ2v) is 15.9. The van der Waals surface area contributed by atoms with Gasteiger partial charge in [0.05, 0.1) is 0 Å². The molecule has 0 spiro atoms. The minimum absolute atomic E-state index is 0.0334. The highest BCUT2D eigenvalue weighted by molar-refractivity contribution is 5.97. The third-order valence-corrected chi connectivity index (χ3v) is 8.95. The topological polar surface area (TPSA) is 219 Å². The molecule has 0 bridgehead atoms. The van der Waals surface area contributed by atoms with E-state index in [9.17, 15) is 33.6 Å². The molecule has 0 fully saturated rings. The number of nitrogens with zero attached hydrogens (tertiary/aromatic N) is 2. The maximum Gasteiger partial charge on any atom is 0.407 e. The predicted octanol–water partition coefficient (Wildman–Crippen LogP) is 2.90. The molecule has 59 heavy (non-hydrogen) atoms. The van der Waals surface area contributed by atoms with Crippen molar-refractivity contribution >= 4 is 47.5 Å². The average molecular weight is 824 g/mol. The number of carbonyl (C=O) groups is 7. The number of hydrogen-bond donors (Lipinski definition) is 7. The quantitative estimate of drug-likeness (QED) is 0.105. The zero-order valence-electron chi connectivity index (χ0n) is 36.1. The lowest BCUT2D eigenvalue weighted by Crippen LogP contribution is -2.58. The summed E-state index contributed by atoms with van der Waals surface area (Å²) in [6.45, 7) is 13.8. The number of anilines is 1. The Morgan fingerprint density at radius 2 is 1.24 bits per heavy atom. The SMILES string of the molecule is CNC(=O)[C@H](C)NC(=O)[C@@H](NC(=O)N(CCNC(=O)OC(C)(C)C)CCN(C(=O)N[C@@H](Cc1ccccc1)C(=O)N[C@@H](CC(C)C)C(=O)NC)c1ccccc1)C(C)C. The minimum atomic E-state index is -1.10. The largest absolute Gasteiger partial charge is 0.444 e. The van der Waals surface area contributed by atoms with Crippen molar-refractivity contribution in [3.05, 3.63) is 66.2 Å². The second-order valence-electron chi connectivity index (χ2n) is 15.9. The van der Waals surface area contributed by atoms with E-state index in [-0.39, 0.29) is 50.3 Å². The highest BCUT2D eigenvalue weighted by Gasteiger charge is 2.31. The van der Waals surface area contributed by atoms with Gasteiger partial charge in [-0.05, 0) is 63.6 Å². The van der Waals surface area contributed by atoms with Crippen LogP contribution < -0.4 is 42.1 Å². The number of benzene rings is 2. The first-order valence-electron chi connectivity index (χ1n) is 20.0. The molecule has 2 aromatic carbocycles. The second kappa shape index (κ2) is 24.1. The van der Waals surface area contributed by atoms with Gasteiger partial charge in [0.1, 0.15) is 29.8 Å². The summed E-state index contributed by atoms with van der Waals surface area (Å²) < 4.78 is 5.35. The number of likely N-dealkylation sites (N-methyl/N-ethyl adjacent to an activating group) is 2. The van der Waals surface area contributed by atoms with E-state index < -0.39 is 65.6 Å². The number of nitrogens with one attached hydrogen (secondary N) is 7. The van der Waals surface area contributed by atoms with Crippen LogP contribution in [-0.4, -0.2) is 117 Å². The van der Waals surface area contributed by atoms with Gasteiger partial charge >= 0.3 is 18.2 Å². The first-order chi connectivity index (χ1) is 27.8. The molecule has 7 N–H and O–H groups in total. The molecule has 326 valence electrons. The van der Waals surface area contributed by atoms with Crippen molar-refractivity contribution in [1.82, 2.24) is 42.1 Å². The summed E-state index contributed by atoms with van der Waals surface area (Å²) in [5.74, 6) is -2.20. The van der Waals surface area contributed by atoms with Gasteiger partial charge < -0.3 is 46.9 Å². The van der Waals surface area contributed by atoms with Crippen molar-refractivity contribution in [3.8, 4) is 0 Å². The van der Waals surface area contributed by atoms with Crippen LogP contribution in [0, 0.1) is 11.8 Å². The predicted molar refractivity (Wildman–Crippen MR) is 226 cm³/mol. The van der Waals surface area contributed by atoms with Crippen molar-refractivity contribution in [2.24, 2.45) is 11.8 Å². The first-order valence-corrected chi connectivity index (χ1v) is 20.0. The number of urea groups is 2. The summed E-state index contributed by atoms with van der Waals surface area (Å²) in [6, 6.07) is 12.6. The Balaban J connectivity index is 2.46. The number of carbonyl (C=O) groups excluding carboxylic acids is 7. The van der Waals surface area contributed by atoms with E-state index >= 15 is 0 Å². The molecule has 0 heterocycles. The van der Waals surface area contributed by atoms with Gasteiger partial charge in [-0.1, -0.05) is 76.2 Å². The van der Waals surface area contributed by atoms with Crippen LogP contribution in [0.2, 0.25) is 0 Å². The smallest absolute Gasteiger partial charge is 0.407 e. The van der Waals surface area contributed by atoms with E-state index in [1.807, 2.05) is 44.2 Å². The standard InChI is InChI=1S/C42H65N9O8/c1-27(2)25-32(36(53)44-10)47-37(54)33(26-30-17-13-11-14-18-30)48-40(57)51(31-19-15-12-16-20-31)24-23-50(22-21-45-41(58)59-42(6,7)8)39(56)49-34(28(3)4)38(55)46-29(5)35(52)43-9/h11-20,27-29,32-34H,21-26H2,1-10H3,(H,43,52)(H,44,53)(H,45,58)(H,46,55)(H,47,54)(H,48,57)(H,49,56)/t29-,32-,33-,34-/m0/s1. The summed E-state index contributed by atoms with van der Waals surface area (Å²) in [6.07, 6.45) is -0.202. The molecular weight excluding hydrogens is 759 g/mol. The van der Waals surface area contributed by atoms with Crippen molar-refractivity contribution < 1.29 is 38.3 Å². The van der Waals surface area contributed by atoms with Crippen LogP contribution in [0.25, 0.3) is 0 Å². The van der Waals surface area contributed by atoms with Crippen LogP contribution >= 0.6 is 0 Å². The normalized spacial score (nSPS) is 13.2. The Bertz CT molecular complexity index is 1690. The molecule has 0 aliphatic carbocycles. The number of alkyl carbamates (subject to hydrolysis) is 1. The molecule has 0 aliphatic rings. The van der Waals surface area contributed by atoms with Crippen molar-refractivity contribution in [2.45, 2.75) is 98.0 Å². The molecule has 0 saturated heterocycles. The Hall–Kier alpha value is -5.87. The Morgan fingerprint density at radius 1 is 0.644 bits per heavy atom. The van der Waals surface area contributed by atoms with Crippen LogP contribution in [0.5, 0.6) is 0 Å². The molecule has 0 unspecified atom stereocenters. The van der Waals surface area contributed by atoms with Gasteiger partial charge in [0.2, 0.25) is 23.6 Å².